The Morgan fingerprint density at radius 3 is 2.26 bits per heavy atom. The number of amides is 2. The lowest BCUT2D eigenvalue weighted by Crippen LogP contribution is -2.57. The maximum atomic E-state index is 13.3. The third-order valence-corrected chi connectivity index (χ3v) is 6.11. The van der Waals surface area contributed by atoms with Crippen LogP contribution in [0.2, 0.25) is 0 Å². The molecule has 191 valence electrons. The predicted molar refractivity (Wildman–Crippen MR) is 138 cm³/mol. The van der Waals surface area contributed by atoms with Crippen molar-refractivity contribution in [1.82, 2.24) is 15.0 Å². The highest BCUT2D eigenvalue weighted by atomic mass is 16.5. The van der Waals surface area contributed by atoms with Gasteiger partial charge in [-0.2, -0.15) is 0 Å². The Bertz CT molecular complexity index is 902. The molecule has 0 aliphatic heterocycles. The second kappa shape index (κ2) is 13.8. The molecule has 0 spiro atoms. The Hall–Kier alpha value is -2.94. The number of likely N-dealkylation sites (N-methyl/N-ethyl adjacent to an activating group) is 2. The van der Waals surface area contributed by atoms with E-state index in [-0.39, 0.29) is 36.9 Å². The van der Waals surface area contributed by atoms with Crippen molar-refractivity contribution in [2.75, 3.05) is 27.2 Å². The van der Waals surface area contributed by atoms with E-state index in [4.69, 9.17) is 4.74 Å². The summed E-state index contributed by atoms with van der Waals surface area (Å²) in [5.41, 5.74) is 0.688. The van der Waals surface area contributed by atoms with Crippen LogP contribution in [0.1, 0.15) is 47.1 Å². The van der Waals surface area contributed by atoms with Gasteiger partial charge in [0, 0.05) is 18.0 Å². The summed E-state index contributed by atoms with van der Waals surface area (Å²) in [5, 5.41) is 2.75. The van der Waals surface area contributed by atoms with Gasteiger partial charge in [-0.3, -0.25) is 9.59 Å². The summed E-state index contributed by atoms with van der Waals surface area (Å²) in [6, 6.07) is 8.45. The highest BCUT2D eigenvalue weighted by molar-refractivity contribution is 6.64. The summed E-state index contributed by atoms with van der Waals surface area (Å²) in [6.07, 6.45) is 2.35. The minimum Gasteiger partial charge on any atom is -0.463 e. The minimum atomic E-state index is -0.736. The molecule has 2 atom stereocenters. The van der Waals surface area contributed by atoms with Crippen molar-refractivity contribution >= 4 is 31.4 Å². The van der Waals surface area contributed by atoms with Gasteiger partial charge < -0.3 is 24.6 Å². The molecular formula is C26H39BN3O5. The summed E-state index contributed by atoms with van der Waals surface area (Å²) in [6.45, 7) is 11.2. The van der Waals surface area contributed by atoms with Gasteiger partial charge in [0.2, 0.25) is 11.8 Å². The summed E-state index contributed by atoms with van der Waals surface area (Å²) in [5.74, 6) is -1.07. The van der Waals surface area contributed by atoms with E-state index in [1.165, 1.54) is 12.3 Å². The molecule has 0 aliphatic carbocycles. The smallest absolute Gasteiger partial charge is 0.333 e. The summed E-state index contributed by atoms with van der Waals surface area (Å²) >= 11 is 0. The van der Waals surface area contributed by atoms with Gasteiger partial charge in [-0.25, -0.2) is 4.79 Å². The number of benzene rings is 1. The zero-order valence-corrected chi connectivity index (χ0v) is 22.2. The first-order valence-electron chi connectivity index (χ1n) is 11.8. The van der Waals surface area contributed by atoms with Crippen LogP contribution in [-0.2, 0) is 29.3 Å². The molecule has 0 saturated heterocycles. The normalized spacial score (nSPS) is 13.7. The molecule has 0 saturated carbocycles. The molecule has 1 rings (SSSR count). The fourth-order valence-corrected chi connectivity index (χ4v) is 4.10. The Balaban J connectivity index is 3.05. The van der Waals surface area contributed by atoms with Gasteiger partial charge in [0.05, 0.1) is 31.4 Å². The molecule has 9 heteroatoms. The quantitative estimate of drug-likeness (QED) is 0.200. The van der Waals surface area contributed by atoms with Gasteiger partial charge in [0.25, 0.3) is 7.41 Å². The van der Waals surface area contributed by atoms with Crippen LogP contribution in [0, 0.1) is 5.92 Å². The van der Waals surface area contributed by atoms with Crippen molar-refractivity contribution in [3.05, 3.63) is 47.5 Å². The van der Waals surface area contributed by atoms with Gasteiger partial charge in [-0.15, -0.1) is 0 Å². The lowest BCUT2D eigenvalue weighted by Gasteiger charge is -2.39. The lowest BCUT2D eigenvalue weighted by atomic mass is 9.73. The van der Waals surface area contributed by atoms with Crippen molar-refractivity contribution in [1.29, 1.82) is 0 Å². The van der Waals surface area contributed by atoms with Crippen molar-refractivity contribution in [2.24, 2.45) is 5.92 Å². The molecule has 1 N–H and O–H groups in total. The van der Waals surface area contributed by atoms with E-state index in [1.54, 1.807) is 38.8 Å². The van der Waals surface area contributed by atoms with Gasteiger partial charge in [-0.05, 0) is 32.4 Å². The van der Waals surface area contributed by atoms with Gasteiger partial charge in [0.1, 0.15) is 0 Å². The minimum absolute atomic E-state index is 0.0297. The average Bonchev–Trinajstić information content (AvgIpc) is 2.80. The van der Waals surface area contributed by atoms with Crippen molar-refractivity contribution < 1.29 is 23.9 Å². The molecule has 35 heavy (non-hydrogen) atoms. The zero-order valence-electron chi connectivity index (χ0n) is 22.2. The van der Waals surface area contributed by atoms with Gasteiger partial charge in [-0.1, -0.05) is 64.1 Å². The zero-order chi connectivity index (χ0) is 26.8. The summed E-state index contributed by atoms with van der Waals surface area (Å²) < 4.78 is 5.04. The first-order valence-corrected chi connectivity index (χ1v) is 11.8. The number of hydrogen-bond acceptors (Lipinski definition) is 6. The fourth-order valence-electron chi connectivity index (χ4n) is 4.10. The van der Waals surface area contributed by atoms with Crippen LogP contribution in [0.3, 0.4) is 0 Å². The molecule has 2 amide bonds. The van der Waals surface area contributed by atoms with Crippen LogP contribution in [0.15, 0.2) is 42.0 Å². The number of rotatable bonds is 13. The fraction of sp³-hybridized carbons (Fsp3) is 0.538. The van der Waals surface area contributed by atoms with Crippen molar-refractivity contribution in [2.45, 2.75) is 59.0 Å². The Morgan fingerprint density at radius 2 is 1.74 bits per heavy atom. The monoisotopic (exact) mass is 484 g/mol. The molecule has 0 aliphatic rings. The largest absolute Gasteiger partial charge is 0.463 e. The molecule has 8 nitrogen and oxygen atoms in total. The van der Waals surface area contributed by atoms with Crippen LogP contribution in [0.4, 0.5) is 0 Å². The van der Waals surface area contributed by atoms with Crippen molar-refractivity contribution in [3.8, 4) is 0 Å². The molecular weight excluding hydrogens is 445 g/mol. The molecule has 0 aromatic heterocycles. The predicted octanol–water partition coefficient (Wildman–Crippen LogP) is 2.18. The molecule has 0 unspecified atom stereocenters. The maximum absolute atomic E-state index is 13.3. The third-order valence-electron chi connectivity index (χ3n) is 6.11. The number of esters is 1. The number of nitrogens with one attached hydrogen (secondary N) is 1. The van der Waals surface area contributed by atoms with Crippen molar-refractivity contribution in [3.63, 3.8) is 0 Å². The van der Waals surface area contributed by atoms with Crippen LogP contribution < -0.4 is 5.32 Å². The van der Waals surface area contributed by atoms with Crippen LogP contribution in [0.5, 0.6) is 0 Å². The first-order chi connectivity index (χ1) is 16.4. The van der Waals surface area contributed by atoms with E-state index in [0.717, 1.165) is 5.56 Å². The maximum Gasteiger partial charge on any atom is 0.333 e. The number of carbonyl (C=O) groups is 4. The Morgan fingerprint density at radius 1 is 1.14 bits per heavy atom. The van der Waals surface area contributed by atoms with Crippen LogP contribution in [-0.4, -0.2) is 80.4 Å². The molecule has 0 fully saturated rings. The second-order valence-electron chi connectivity index (χ2n) is 9.47. The van der Waals surface area contributed by atoms with E-state index < -0.39 is 17.4 Å². The lowest BCUT2D eigenvalue weighted by molar-refractivity contribution is -0.138. The number of nitrogens with zero attached hydrogens (tertiary/aromatic N) is 2. The van der Waals surface area contributed by atoms with E-state index in [1.807, 2.05) is 58.0 Å². The van der Waals surface area contributed by atoms with E-state index in [9.17, 15) is 19.2 Å². The molecule has 0 heterocycles. The van der Waals surface area contributed by atoms with Crippen LogP contribution >= 0.6 is 0 Å². The van der Waals surface area contributed by atoms with Gasteiger partial charge in [0.15, 0.2) is 0 Å². The Labute approximate surface area is 210 Å². The standard InChI is InChI=1S/C26H39BN3O5/c1-9-35-25(34)19(4)15-21(18(2)3)29(7)22(32)16-28-24(33)23(30(8)27-17-31)26(5,6)20-13-11-10-12-14-20/h10-15,17-18,21,23H,9,16H2,1-8H3,(H,28,33)/t21-,23-/m1/s1. The first kappa shape index (κ1) is 30.1. The van der Waals surface area contributed by atoms with Gasteiger partial charge >= 0.3 is 5.97 Å². The summed E-state index contributed by atoms with van der Waals surface area (Å²) in [4.78, 5) is 52.6. The van der Waals surface area contributed by atoms with E-state index in [2.05, 4.69) is 5.32 Å². The van der Waals surface area contributed by atoms with Crippen LogP contribution in [0.25, 0.3) is 0 Å². The molecule has 1 aromatic carbocycles. The number of carbonyl (C=O) groups excluding carboxylic acids is 4. The van der Waals surface area contributed by atoms with E-state index >= 15 is 0 Å². The third kappa shape index (κ3) is 8.35. The SMILES string of the molecule is CCOC(=O)C(C)=C[C@H](C(C)C)N(C)C(=O)CNC(=O)[C@@H](N(C)[B]C=O)C(C)(C)c1ccccc1. The average molecular weight is 484 g/mol. The highest BCUT2D eigenvalue weighted by Gasteiger charge is 2.39. The Kier molecular flexibility index (Phi) is 11.9. The van der Waals surface area contributed by atoms with E-state index in [0.29, 0.717) is 11.8 Å². The molecule has 0 bridgehead atoms. The molecule has 1 aromatic rings. The molecule has 1 radical (unpaired) electrons. The number of hydrogen-bond donors (Lipinski definition) is 1. The topological polar surface area (TPSA) is 96.0 Å². The highest BCUT2D eigenvalue weighted by Crippen LogP contribution is 2.30. The summed E-state index contributed by atoms with van der Waals surface area (Å²) in [7, 11) is 4.61. The second-order valence-corrected chi connectivity index (χ2v) is 9.47. The number of ether oxygens (including phenoxy) is 1.